The maximum absolute atomic E-state index is 14.0. The monoisotopic (exact) mass is 412 g/mol. The van der Waals surface area contributed by atoms with Crippen LogP contribution in [-0.2, 0) is 16.8 Å². The summed E-state index contributed by atoms with van der Waals surface area (Å²) in [6.07, 6.45) is -2.61. The second kappa shape index (κ2) is 8.71. The number of hydrogen-bond donors (Lipinski definition) is 0. The summed E-state index contributed by atoms with van der Waals surface area (Å²) in [5.41, 5.74) is -0.187. The largest absolute Gasteiger partial charge is 0.457 e. The number of rotatable bonds is 8. The maximum Gasteiger partial charge on any atom is 0.250 e. The second-order valence-electron chi connectivity index (χ2n) is 7.34. The van der Waals surface area contributed by atoms with Crippen molar-refractivity contribution in [2.75, 3.05) is 13.4 Å². The van der Waals surface area contributed by atoms with Crippen LogP contribution in [0.4, 0.5) is 8.78 Å². The summed E-state index contributed by atoms with van der Waals surface area (Å²) in [7, 11) is 0. The summed E-state index contributed by atoms with van der Waals surface area (Å²) < 4.78 is 50.1. The second-order valence-corrected chi connectivity index (χ2v) is 7.34. The molecule has 3 aromatic rings. The number of halogens is 2. The lowest BCUT2D eigenvalue weighted by Crippen LogP contribution is -2.36. The van der Waals surface area contributed by atoms with Gasteiger partial charge in [-0.3, -0.25) is 0 Å². The minimum Gasteiger partial charge on any atom is -0.457 e. The van der Waals surface area contributed by atoms with Crippen LogP contribution in [0.5, 0.6) is 23.0 Å². The first-order valence-corrected chi connectivity index (χ1v) is 9.62. The van der Waals surface area contributed by atoms with Crippen molar-refractivity contribution >= 4 is 0 Å². The highest BCUT2D eigenvalue weighted by atomic mass is 19.3. The molecule has 0 N–H and O–H groups in total. The first-order valence-electron chi connectivity index (χ1n) is 9.62. The van der Waals surface area contributed by atoms with Gasteiger partial charge in [0, 0.05) is 0 Å². The summed E-state index contributed by atoms with van der Waals surface area (Å²) in [5, 5.41) is 0. The molecule has 0 fully saturated rings. The van der Waals surface area contributed by atoms with Crippen LogP contribution in [-0.4, -0.2) is 19.8 Å². The molecule has 0 amide bonds. The Morgan fingerprint density at radius 3 is 2.47 bits per heavy atom. The van der Waals surface area contributed by atoms with Gasteiger partial charge in [-0.05, 0) is 54.4 Å². The van der Waals surface area contributed by atoms with Gasteiger partial charge in [0.05, 0.1) is 18.6 Å². The van der Waals surface area contributed by atoms with Gasteiger partial charge < -0.3 is 18.9 Å². The Morgan fingerprint density at radius 1 is 0.900 bits per heavy atom. The van der Waals surface area contributed by atoms with E-state index in [2.05, 4.69) is 0 Å². The first kappa shape index (κ1) is 20.2. The third-order valence-corrected chi connectivity index (χ3v) is 5.06. The summed E-state index contributed by atoms with van der Waals surface area (Å²) in [6, 6.07) is 21.7. The van der Waals surface area contributed by atoms with Gasteiger partial charge >= 0.3 is 0 Å². The number of para-hydroxylation sites is 1. The van der Waals surface area contributed by atoms with E-state index < -0.39 is 11.8 Å². The lowest BCUT2D eigenvalue weighted by atomic mass is 9.83. The van der Waals surface area contributed by atoms with Crippen LogP contribution < -0.4 is 14.2 Å². The standard InChI is InChI=1S/C24H22F2O4/c1-24(23(25)26,18-10-11-21-22(13-18)29-16-28-21)15-27-14-17-6-5-9-20(12-17)30-19-7-3-2-4-8-19/h2-13,23H,14-16H2,1H3. The fourth-order valence-corrected chi connectivity index (χ4v) is 3.23. The molecule has 0 aliphatic carbocycles. The van der Waals surface area contributed by atoms with Gasteiger partial charge in [0.2, 0.25) is 13.2 Å². The highest BCUT2D eigenvalue weighted by molar-refractivity contribution is 5.46. The molecule has 1 aliphatic heterocycles. The van der Waals surface area contributed by atoms with E-state index in [1.165, 1.54) is 6.92 Å². The van der Waals surface area contributed by atoms with Crippen molar-refractivity contribution in [1.82, 2.24) is 0 Å². The van der Waals surface area contributed by atoms with Gasteiger partial charge in [-0.2, -0.15) is 0 Å². The Balaban J connectivity index is 1.42. The summed E-state index contributed by atoms with van der Waals surface area (Å²) >= 11 is 0. The molecular formula is C24H22F2O4. The van der Waals surface area contributed by atoms with E-state index >= 15 is 0 Å². The van der Waals surface area contributed by atoms with Crippen LogP contribution in [0.3, 0.4) is 0 Å². The third kappa shape index (κ3) is 4.39. The van der Waals surface area contributed by atoms with Crippen LogP contribution in [0.25, 0.3) is 0 Å². The molecule has 0 radical (unpaired) electrons. The normalized spacial score (nSPS) is 14.5. The molecule has 0 saturated carbocycles. The van der Waals surface area contributed by atoms with Crippen LogP contribution >= 0.6 is 0 Å². The molecule has 1 aliphatic rings. The van der Waals surface area contributed by atoms with Crippen molar-refractivity contribution in [1.29, 1.82) is 0 Å². The average Bonchev–Trinajstić information content (AvgIpc) is 3.22. The predicted molar refractivity (Wildman–Crippen MR) is 109 cm³/mol. The van der Waals surface area contributed by atoms with Crippen LogP contribution in [0.15, 0.2) is 72.8 Å². The van der Waals surface area contributed by atoms with Gasteiger partial charge in [-0.1, -0.05) is 36.4 Å². The summed E-state index contributed by atoms with van der Waals surface area (Å²) in [6.45, 7) is 1.64. The molecule has 30 heavy (non-hydrogen) atoms. The number of benzene rings is 3. The third-order valence-electron chi connectivity index (χ3n) is 5.06. The van der Waals surface area contributed by atoms with Gasteiger partial charge in [-0.25, -0.2) is 8.78 Å². The summed E-state index contributed by atoms with van der Waals surface area (Å²) in [4.78, 5) is 0. The zero-order valence-electron chi connectivity index (χ0n) is 16.5. The molecule has 0 bridgehead atoms. The molecule has 1 unspecified atom stereocenters. The van der Waals surface area contributed by atoms with E-state index in [9.17, 15) is 8.78 Å². The van der Waals surface area contributed by atoms with E-state index in [0.717, 1.165) is 11.3 Å². The molecule has 3 aromatic carbocycles. The van der Waals surface area contributed by atoms with Crippen LogP contribution in [0, 0.1) is 0 Å². The molecule has 0 aromatic heterocycles. The molecule has 4 rings (SSSR count). The van der Waals surface area contributed by atoms with Crippen molar-refractivity contribution < 1.29 is 27.7 Å². The van der Waals surface area contributed by atoms with E-state index in [-0.39, 0.29) is 20.0 Å². The minimum absolute atomic E-state index is 0.0993. The fraction of sp³-hybridized carbons (Fsp3) is 0.250. The number of ether oxygens (including phenoxy) is 4. The molecule has 156 valence electrons. The molecule has 4 nitrogen and oxygen atoms in total. The molecule has 0 saturated heterocycles. The number of hydrogen-bond acceptors (Lipinski definition) is 4. The van der Waals surface area contributed by atoms with E-state index in [1.807, 2.05) is 54.6 Å². The van der Waals surface area contributed by atoms with Gasteiger partial charge in [-0.15, -0.1) is 0 Å². The molecule has 0 spiro atoms. The highest BCUT2D eigenvalue weighted by Gasteiger charge is 2.38. The van der Waals surface area contributed by atoms with Crippen LogP contribution in [0.2, 0.25) is 0 Å². The SMILES string of the molecule is CC(COCc1cccc(Oc2ccccc2)c1)(c1ccc2c(c1)OCO2)C(F)F. The molecule has 1 heterocycles. The van der Waals surface area contributed by atoms with Crippen molar-refractivity contribution in [2.24, 2.45) is 0 Å². The zero-order valence-corrected chi connectivity index (χ0v) is 16.5. The van der Waals surface area contributed by atoms with E-state index in [0.29, 0.717) is 22.8 Å². The van der Waals surface area contributed by atoms with E-state index in [1.54, 1.807) is 18.2 Å². The van der Waals surface area contributed by atoms with Crippen molar-refractivity contribution in [3.8, 4) is 23.0 Å². The minimum atomic E-state index is -2.61. The van der Waals surface area contributed by atoms with Gasteiger partial charge in [0.15, 0.2) is 11.5 Å². The Morgan fingerprint density at radius 2 is 1.67 bits per heavy atom. The van der Waals surface area contributed by atoms with Gasteiger partial charge in [0.25, 0.3) is 0 Å². The van der Waals surface area contributed by atoms with Crippen LogP contribution in [0.1, 0.15) is 18.1 Å². The Bertz CT molecular complexity index is 994. The molecule has 6 heteroatoms. The predicted octanol–water partition coefficient (Wildman–Crippen LogP) is 5.95. The maximum atomic E-state index is 14.0. The number of alkyl halides is 2. The lowest BCUT2D eigenvalue weighted by Gasteiger charge is -2.29. The average molecular weight is 412 g/mol. The Hall–Kier alpha value is -3.12. The molecule has 1 atom stereocenters. The van der Waals surface area contributed by atoms with Crippen molar-refractivity contribution in [2.45, 2.75) is 25.4 Å². The fourth-order valence-electron chi connectivity index (χ4n) is 3.23. The first-order chi connectivity index (χ1) is 14.5. The lowest BCUT2D eigenvalue weighted by molar-refractivity contribution is -0.0128. The number of fused-ring (bicyclic) bond motifs is 1. The van der Waals surface area contributed by atoms with E-state index in [4.69, 9.17) is 18.9 Å². The smallest absolute Gasteiger partial charge is 0.250 e. The van der Waals surface area contributed by atoms with Crippen molar-refractivity contribution in [3.05, 3.63) is 83.9 Å². The Kier molecular flexibility index (Phi) is 5.86. The zero-order chi connectivity index (χ0) is 21.0. The summed E-state index contributed by atoms with van der Waals surface area (Å²) in [5.74, 6) is 2.43. The molecular weight excluding hydrogens is 390 g/mol. The highest BCUT2D eigenvalue weighted by Crippen LogP contribution is 2.39. The van der Waals surface area contributed by atoms with Crippen molar-refractivity contribution in [3.63, 3.8) is 0 Å². The quantitative estimate of drug-likeness (QED) is 0.458. The Labute approximate surface area is 174 Å². The van der Waals surface area contributed by atoms with Gasteiger partial charge in [0.1, 0.15) is 11.5 Å². The topological polar surface area (TPSA) is 36.9 Å².